The molecule has 0 aliphatic heterocycles. The Morgan fingerprint density at radius 1 is 1.00 bits per heavy atom. The standard InChI is InChI=1S/C15H17NO2/c1-18-14-8-6-12(7-9-14)11-2-4-13(5-3-11)15(16)10-17/h2-9,15,17H,10,16H2,1H3/t15-/m0/s1. The molecule has 0 unspecified atom stereocenters. The molecule has 0 saturated heterocycles. The highest BCUT2D eigenvalue weighted by molar-refractivity contribution is 5.64. The van der Waals surface area contributed by atoms with Gasteiger partial charge in [0.2, 0.25) is 0 Å². The minimum absolute atomic E-state index is 0.0398. The number of aliphatic hydroxyl groups is 1. The third-order valence-corrected chi connectivity index (χ3v) is 2.96. The normalized spacial score (nSPS) is 12.2. The lowest BCUT2D eigenvalue weighted by Crippen LogP contribution is -2.14. The number of ether oxygens (including phenoxy) is 1. The second-order valence-electron chi connectivity index (χ2n) is 4.14. The topological polar surface area (TPSA) is 55.5 Å². The van der Waals surface area contributed by atoms with Gasteiger partial charge in [-0.1, -0.05) is 36.4 Å². The van der Waals surface area contributed by atoms with Crippen molar-refractivity contribution in [2.24, 2.45) is 5.73 Å². The van der Waals surface area contributed by atoms with E-state index in [1.54, 1.807) is 7.11 Å². The molecule has 2 aromatic carbocycles. The van der Waals surface area contributed by atoms with Gasteiger partial charge in [-0.15, -0.1) is 0 Å². The van der Waals surface area contributed by atoms with Gasteiger partial charge in [-0.3, -0.25) is 0 Å². The molecule has 0 bridgehead atoms. The molecule has 3 nitrogen and oxygen atoms in total. The maximum absolute atomic E-state index is 8.99. The second-order valence-corrected chi connectivity index (χ2v) is 4.14. The number of nitrogens with two attached hydrogens (primary N) is 1. The lowest BCUT2D eigenvalue weighted by atomic mass is 10.0. The Bertz CT molecular complexity index is 491. The summed E-state index contributed by atoms with van der Waals surface area (Å²) < 4.78 is 5.13. The first-order valence-corrected chi connectivity index (χ1v) is 5.85. The molecular weight excluding hydrogens is 226 g/mol. The summed E-state index contributed by atoms with van der Waals surface area (Å²) in [6.07, 6.45) is 0. The number of hydrogen-bond donors (Lipinski definition) is 2. The van der Waals surface area contributed by atoms with Crippen molar-refractivity contribution in [3.8, 4) is 16.9 Å². The molecule has 0 aromatic heterocycles. The van der Waals surface area contributed by atoms with Crippen LogP contribution in [0.5, 0.6) is 5.75 Å². The Morgan fingerprint density at radius 2 is 1.50 bits per heavy atom. The fraction of sp³-hybridized carbons (Fsp3) is 0.200. The molecule has 2 aromatic rings. The molecule has 0 radical (unpaired) electrons. The number of benzene rings is 2. The summed E-state index contributed by atoms with van der Waals surface area (Å²) >= 11 is 0. The third kappa shape index (κ3) is 2.70. The van der Waals surface area contributed by atoms with E-state index in [1.165, 1.54) is 0 Å². The van der Waals surface area contributed by atoms with Crippen molar-refractivity contribution >= 4 is 0 Å². The summed E-state index contributed by atoms with van der Waals surface area (Å²) in [6.45, 7) is -0.0398. The summed E-state index contributed by atoms with van der Waals surface area (Å²) in [5, 5.41) is 8.99. The van der Waals surface area contributed by atoms with Gasteiger partial charge in [0.15, 0.2) is 0 Å². The number of rotatable bonds is 4. The average molecular weight is 243 g/mol. The van der Waals surface area contributed by atoms with Crippen molar-refractivity contribution in [3.63, 3.8) is 0 Å². The van der Waals surface area contributed by atoms with Crippen LogP contribution in [-0.4, -0.2) is 18.8 Å². The van der Waals surface area contributed by atoms with Gasteiger partial charge in [0, 0.05) is 0 Å². The Balaban J connectivity index is 2.22. The Morgan fingerprint density at radius 3 is 1.94 bits per heavy atom. The molecule has 0 heterocycles. The van der Waals surface area contributed by atoms with E-state index >= 15 is 0 Å². The average Bonchev–Trinajstić information content (AvgIpc) is 2.47. The molecule has 3 heteroatoms. The second kappa shape index (κ2) is 5.67. The Kier molecular flexibility index (Phi) is 3.97. The zero-order chi connectivity index (χ0) is 13.0. The van der Waals surface area contributed by atoms with Crippen molar-refractivity contribution in [3.05, 3.63) is 54.1 Å². The molecule has 2 rings (SSSR count). The lowest BCUT2D eigenvalue weighted by Gasteiger charge is -2.09. The van der Waals surface area contributed by atoms with Crippen LogP contribution in [0.3, 0.4) is 0 Å². The molecule has 1 atom stereocenters. The van der Waals surface area contributed by atoms with Crippen LogP contribution >= 0.6 is 0 Å². The van der Waals surface area contributed by atoms with Gasteiger partial charge in [-0.25, -0.2) is 0 Å². The monoisotopic (exact) mass is 243 g/mol. The fourth-order valence-electron chi connectivity index (χ4n) is 1.81. The molecule has 0 amide bonds. The molecular formula is C15H17NO2. The third-order valence-electron chi connectivity index (χ3n) is 2.96. The molecule has 0 aliphatic rings. The number of methoxy groups -OCH3 is 1. The van der Waals surface area contributed by atoms with Gasteiger partial charge >= 0.3 is 0 Å². The van der Waals surface area contributed by atoms with E-state index in [2.05, 4.69) is 0 Å². The van der Waals surface area contributed by atoms with Crippen molar-refractivity contribution in [2.75, 3.05) is 13.7 Å². The van der Waals surface area contributed by atoms with Crippen LogP contribution in [0.2, 0.25) is 0 Å². The summed E-state index contributed by atoms with van der Waals surface area (Å²) in [4.78, 5) is 0. The van der Waals surface area contributed by atoms with Crippen molar-refractivity contribution < 1.29 is 9.84 Å². The SMILES string of the molecule is COc1ccc(-c2ccc([C@@H](N)CO)cc2)cc1. The Labute approximate surface area is 107 Å². The minimum atomic E-state index is -0.310. The van der Waals surface area contributed by atoms with E-state index in [9.17, 15) is 0 Å². The predicted molar refractivity (Wildman–Crippen MR) is 72.4 cm³/mol. The molecule has 0 spiro atoms. The van der Waals surface area contributed by atoms with Crippen molar-refractivity contribution in [1.82, 2.24) is 0 Å². The lowest BCUT2D eigenvalue weighted by molar-refractivity contribution is 0.268. The van der Waals surface area contributed by atoms with Crippen LogP contribution in [-0.2, 0) is 0 Å². The van der Waals surface area contributed by atoms with Crippen LogP contribution in [0.4, 0.5) is 0 Å². The van der Waals surface area contributed by atoms with Crippen LogP contribution < -0.4 is 10.5 Å². The summed E-state index contributed by atoms with van der Waals surface area (Å²) in [7, 11) is 1.65. The van der Waals surface area contributed by atoms with Crippen LogP contribution in [0.25, 0.3) is 11.1 Å². The maximum atomic E-state index is 8.99. The first-order chi connectivity index (χ1) is 8.74. The van der Waals surface area contributed by atoms with Gasteiger partial charge in [-0.2, -0.15) is 0 Å². The van der Waals surface area contributed by atoms with E-state index in [4.69, 9.17) is 15.6 Å². The van der Waals surface area contributed by atoms with Gasteiger partial charge in [0.25, 0.3) is 0 Å². The molecule has 18 heavy (non-hydrogen) atoms. The van der Waals surface area contributed by atoms with E-state index in [-0.39, 0.29) is 12.6 Å². The molecule has 3 N–H and O–H groups in total. The van der Waals surface area contributed by atoms with Gasteiger partial charge in [0.05, 0.1) is 19.8 Å². The minimum Gasteiger partial charge on any atom is -0.497 e. The quantitative estimate of drug-likeness (QED) is 0.866. The van der Waals surface area contributed by atoms with Crippen LogP contribution in [0.1, 0.15) is 11.6 Å². The molecule has 0 saturated carbocycles. The zero-order valence-corrected chi connectivity index (χ0v) is 10.3. The van der Waals surface area contributed by atoms with Gasteiger partial charge in [-0.05, 0) is 28.8 Å². The maximum Gasteiger partial charge on any atom is 0.118 e. The highest BCUT2D eigenvalue weighted by Gasteiger charge is 2.04. The smallest absolute Gasteiger partial charge is 0.118 e. The number of aliphatic hydroxyl groups excluding tert-OH is 1. The van der Waals surface area contributed by atoms with Gasteiger partial charge in [0.1, 0.15) is 5.75 Å². The Hall–Kier alpha value is -1.84. The van der Waals surface area contributed by atoms with E-state index in [0.717, 1.165) is 22.4 Å². The molecule has 0 fully saturated rings. The summed E-state index contributed by atoms with van der Waals surface area (Å²) in [5.41, 5.74) is 8.94. The summed E-state index contributed by atoms with van der Waals surface area (Å²) in [5.74, 6) is 0.845. The largest absolute Gasteiger partial charge is 0.497 e. The molecule has 0 aliphatic carbocycles. The first-order valence-electron chi connectivity index (χ1n) is 5.85. The highest BCUT2D eigenvalue weighted by Crippen LogP contribution is 2.23. The number of hydrogen-bond acceptors (Lipinski definition) is 3. The van der Waals surface area contributed by atoms with Crippen molar-refractivity contribution in [2.45, 2.75) is 6.04 Å². The van der Waals surface area contributed by atoms with E-state index in [1.807, 2.05) is 48.5 Å². The van der Waals surface area contributed by atoms with Crippen molar-refractivity contribution in [1.29, 1.82) is 0 Å². The zero-order valence-electron chi connectivity index (χ0n) is 10.3. The van der Waals surface area contributed by atoms with E-state index < -0.39 is 0 Å². The molecule has 94 valence electrons. The predicted octanol–water partition coefficient (Wildman–Crippen LogP) is 2.35. The fourth-order valence-corrected chi connectivity index (χ4v) is 1.81. The van der Waals surface area contributed by atoms with Crippen LogP contribution in [0, 0.1) is 0 Å². The summed E-state index contributed by atoms with van der Waals surface area (Å²) in [6, 6.07) is 15.5. The van der Waals surface area contributed by atoms with Gasteiger partial charge < -0.3 is 15.6 Å². The first kappa shape index (κ1) is 12.6. The van der Waals surface area contributed by atoms with E-state index in [0.29, 0.717) is 0 Å². The van der Waals surface area contributed by atoms with Crippen LogP contribution in [0.15, 0.2) is 48.5 Å². The highest BCUT2D eigenvalue weighted by atomic mass is 16.5.